The van der Waals surface area contributed by atoms with Gasteiger partial charge >= 0.3 is 5.97 Å². The van der Waals surface area contributed by atoms with Gasteiger partial charge in [0.1, 0.15) is 5.78 Å². The smallest absolute Gasteiger partial charge is 0.327 e. The summed E-state index contributed by atoms with van der Waals surface area (Å²) >= 11 is 0. The minimum Gasteiger partial charge on any atom is -0.478 e. The maximum atomic E-state index is 9.81. The summed E-state index contributed by atoms with van der Waals surface area (Å²) in [6.07, 6.45) is 1.50. The molecule has 0 aliphatic rings. The molecule has 0 aromatic heterocycles. The summed E-state index contributed by atoms with van der Waals surface area (Å²) in [5, 5.41) is 7.60. The standard InChI is InChI=1S/C6H6.C4H8O.C3H4O2/c1-2-4-6-5-3-1;1-3-4(2)5;1-2-3(4)5/h1-6H;3H2,1-2H3;2H,1H2,(H,4,5). The quantitative estimate of drug-likeness (QED) is 0.783. The van der Waals surface area contributed by atoms with Crippen LogP contribution in [0.2, 0.25) is 0 Å². The fourth-order valence-electron chi connectivity index (χ4n) is 0.385. The molecule has 0 bridgehead atoms. The second-order valence-corrected chi connectivity index (χ2v) is 2.75. The van der Waals surface area contributed by atoms with Gasteiger partial charge < -0.3 is 9.90 Å². The Balaban J connectivity index is 0. The van der Waals surface area contributed by atoms with E-state index in [1.54, 1.807) is 6.92 Å². The number of Topliss-reactive ketones (excluding diaryl/α,β-unsaturated/α-hetero) is 1. The van der Waals surface area contributed by atoms with Crippen LogP contribution in [0, 0.1) is 0 Å². The number of carbonyl (C=O) groups excluding carboxylic acids is 1. The topological polar surface area (TPSA) is 54.4 Å². The number of carbonyl (C=O) groups is 2. The van der Waals surface area contributed by atoms with Crippen molar-refractivity contribution >= 4 is 11.8 Å². The van der Waals surface area contributed by atoms with Gasteiger partial charge in [-0.25, -0.2) is 4.79 Å². The Hall–Kier alpha value is -1.90. The van der Waals surface area contributed by atoms with Gasteiger partial charge in [-0.2, -0.15) is 0 Å². The molecule has 1 N–H and O–H groups in total. The molecule has 0 spiro atoms. The number of hydrogen-bond donors (Lipinski definition) is 1. The molecule has 0 unspecified atom stereocenters. The average Bonchev–Trinajstić information content (AvgIpc) is 2.32. The Morgan fingerprint density at radius 3 is 1.38 bits per heavy atom. The molecule has 1 aromatic rings. The predicted molar refractivity (Wildman–Crippen MR) is 65.2 cm³/mol. The van der Waals surface area contributed by atoms with Crippen LogP contribution in [0.3, 0.4) is 0 Å². The van der Waals surface area contributed by atoms with E-state index in [4.69, 9.17) is 5.11 Å². The average molecular weight is 222 g/mol. The minimum absolute atomic E-state index is 0.255. The van der Waals surface area contributed by atoms with Gasteiger partial charge in [0, 0.05) is 12.5 Å². The van der Waals surface area contributed by atoms with Gasteiger partial charge in [0.05, 0.1) is 0 Å². The third-order valence-electron chi connectivity index (χ3n) is 1.34. The van der Waals surface area contributed by atoms with Gasteiger partial charge in [-0.3, -0.25) is 0 Å². The zero-order chi connectivity index (χ0) is 12.8. The third-order valence-corrected chi connectivity index (χ3v) is 1.34. The Morgan fingerprint density at radius 1 is 1.12 bits per heavy atom. The van der Waals surface area contributed by atoms with Gasteiger partial charge in [-0.05, 0) is 6.92 Å². The lowest BCUT2D eigenvalue weighted by Crippen LogP contribution is -1.82. The number of benzene rings is 1. The molecule has 0 heterocycles. The highest BCUT2D eigenvalue weighted by Crippen LogP contribution is 1.79. The second kappa shape index (κ2) is 13.1. The van der Waals surface area contributed by atoms with Crippen molar-refractivity contribution in [2.75, 3.05) is 0 Å². The Labute approximate surface area is 96.4 Å². The molecule has 0 fully saturated rings. The van der Waals surface area contributed by atoms with E-state index in [9.17, 15) is 9.59 Å². The highest BCUT2D eigenvalue weighted by molar-refractivity contribution is 5.78. The van der Waals surface area contributed by atoms with Crippen molar-refractivity contribution in [1.82, 2.24) is 0 Å². The zero-order valence-corrected chi connectivity index (χ0v) is 9.72. The molecule has 0 aliphatic carbocycles. The van der Waals surface area contributed by atoms with Crippen LogP contribution in [0.4, 0.5) is 0 Å². The van der Waals surface area contributed by atoms with E-state index in [2.05, 4.69) is 6.58 Å². The molecular formula is C13H18O3. The van der Waals surface area contributed by atoms with Crippen molar-refractivity contribution in [3.8, 4) is 0 Å². The number of carboxylic acid groups (broad SMARTS) is 1. The van der Waals surface area contributed by atoms with Crippen LogP contribution >= 0.6 is 0 Å². The van der Waals surface area contributed by atoms with Crippen molar-refractivity contribution in [3.63, 3.8) is 0 Å². The van der Waals surface area contributed by atoms with Crippen LogP contribution in [0.5, 0.6) is 0 Å². The molecule has 1 aromatic carbocycles. The lowest BCUT2D eigenvalue weighted by Gasteiger charge is -1.71. The predicted octanol–water partition coefficient (Wildman–Crippen LogP) is 2.93. The van der Waals surface area contributed by atoms with E-state index in [-0.39, 0.29) is 5.78 Å². The maximum absolute atomic E-state index is 9.81. The van der Waals surface area contributed by atoms with Gasteiger partial charge in [0.2, 0.25) is 0 Å². The van der Waals surface area contributed by atoms with Crippen molar-refractivity contribution in [2.45, 2.75) is 20.3 Å². The summed E-state index contributed by atoms with van der Waals surface area (Å²) in [7, 11) is 0. The van der Waals surface area contributed by atoms with Crippen LogP contribution in [0.15, 0.2) is 49.1 Å². The first-order chi connectivity index (χ1) is 7.54. The largest absolute Gasteiger partial charge is 0.478 e. The number of rotatable bonds is 2. The van der Waals surface area contributed by atoms with E-state index >= 15 is 0 Å². The summed E-state index contributed by atoms with van der Waals surface area (Å²) in [5.74, 6) is -0.727. The van der Waals surface area contributed by atoms with Crippen molar-refractivity contribution in [2.24, 2.45) is 0 Å². The molecule has 88 valence electrons. The van der Waals surface area contributed by atoms with Crippen LogP contribution in [0.1, 0.15) is 20.3 Å². The van der Waals surface area contributed by atoms with E-state index < -0.39 is 5.97 Å². The molecular weight excluding hydrogens is 204 g/mol. The lowest BCUT2D eigenvalue weighted by atomic mass is 10.4. The van der Waals surface area contributed by atoms with Gasteiger partial charge in [-0.1, -0.05) is 49.9 Å². The van der Waals surface area contributed by atoms with Gasteiger partial charge in [-0.15, -0.1) is 0 Å². The first kappa shape index (κ1) is 16.5. The molecule has 1 rings (SSSR count). The molecule has 0 atom stereocenters. The summed E-state index contributed by atoms with van der Waals surface area (Å²) in [5.41, 5.74) is 0. The van der Waals surface area contributed by atoms with Crippen LogP contribution in [-0.4, -0.2) is 16.9 Å². The van der Waals surface area contributed by atoms with Crippen molar-refractivity contribution in [3.05, 3.63) is 49.1 Å². The summed E-state index contributed by atoms with van der Waals surface area (Å²) < 4.78 is 0. The van der Waals surface area contributed by atoms with Crippen LogP contribution in [0.25, 0.3) is 0 Å². The molecule has 0 saturated heterocycles. The molecule has 0 saturated carbocycles. The number of hydrogen-bond acceptors (Lipinski definition) is 2. The van der Waals surface area contributed by atoms with E-state index in [1.807, 2.05) is 43.3 Å². The van der Waals surface area contributed by atoms with Crippen LogP contribution in [-0.2, 0) is 9.59 Å². The summed E-state index contributed by atoms with van der Waals surface area (Å²) in [6, 6.07) is 12.0. The van der Waals surface area contributed by atoms with E-state index in [0.717, 1.165) is 6.08 Å². The first-order valence-corrected chi connectivity index (χ1v) is 4.89. The SMILES string of the molecule is C=CC(=O)O.CCC(C)=O.c1ccccc1. The molecule has 0 amide bonds. The number of carboxylic acids is 1. The van der Waals surface area contributed by atoms with Crippen molar-refractivity contribution < 1.29 is 14.7 Å². The van der Waals surface area contributed by atoms with Gasteiger partial charge in [0.15, 0.2) is 0 Å². The molecule has 3 nitrogen and oxygen atoms in total. The fourth-order valence-corrected chi connectivity index (χ4v) is 0.385. The fraction of sp³-hybridized carbons (Fsp3) is 0.231. The van der Waals surface area contributed by atoms with Gasteiger partial charge in [0.25, 0.3) is 0 Å². The zero-order valence-electron chi connectivity index (χ0n) is 9.72. The Morgan fingerprint density at radius 2 is 1.31 bits per heavy atom. The highest BCUT2D eigenvalue weighted by atomic mass is 16.4. The molecule has 0 radical (unpaired) electrons. The number of aliphatic carboxylic acids is 1. The van der Waals surface area contributed by atoms with E-state index in [1.165, 1.54) is 0 Å². The normalized spacial score (nSPS) is 7.38. The lowest BCUT2D eigenvalue weighted by molar-refractivity contribution is -0.131. The number of ketones is 1. The maximum Gasteiger partial charge on any atom is 0.327 e. The summed E-state index contributed by atoms with van der Waals surface area (Å²) in [6.45, 7) is 6.39. The highest BCUT2D eigenvalue weighted by Gasteiger charge is 1.77. The minimum atomic E-state index is -0.981. The molecule has 16 heavy (non-hydrogen) atoms. The third kappa shape index (κ3) is 22.7. The first-order valence-electron chi connectivity index (χ1n) is 4.89. The Kier molecular flexibility index (Phi) is 13.5. The Bertz CT molecular complexity index is 265. The molecule has 0 aliphatic heterocycles. The monoisotopic (exact) mass is 222 g/mol. The molecule has 3 heteroatoms. The second-order valence-electron chi connectivity index (χ2n) is 2.75. The van der Waals surface area contributed by atoms with E-state index in [0.29, 0.717) is 6.42 Å². The van der Waals surface area contributed by atoms with Crippen LogP contribution < -0.4 is 0 Å². The van der Waals surface area contributed by atoms with Crippen molar-refractivity contribution in [1.29, 1.82) is 0 Å². The summed E-state index contributed by atoms with van der Waals surface area (Å²) in [4.78, 5) is 19.1.